The van der Waals surface area contributed by atoms with Gasteiger partial charge in [-0.3, -0.25) is 9.36 Å². The van der Waals surface area contributed by atoms with Crippen molar-refractivity contribution >= 4 is 62.8 Å². The van der Waals surface area contributed by atoms with E-state index >= 15 is 0 Å². The van der Waals surface area contributed by atoms with E-state index in [1.54, 1.807) is 60.8 Å². The number of rotatable bonds is 7. The first-order valence-corrected chi connectivity index (χ1v) is 15.1. The van der Waals surface area contributed by atoms with Gasteiger partial charge in [-0.25, -0.2) is 19.8 Å². The highest BCUT2D eigenvalue weighted by molar-refractivity contribution is 9.10. The minimum Gasteiger partial charge on any atom is -0.463 e. The molecule has 1 aromatic carbocycles. The quantitative estimate of drug-likeness (QED) is 0.163. The van der Waals surface area contributed by atoms with Gasteiger partial charge in [0.15, 0.2) is 15.1 Å². The van der Waals surface area contributed by atoms with E-state index in [0.717, 1.165) is 14.9 Å². The number of allylic oxidation sites excluding steroid dienone is 1. The third-order valence-electron chi connectivity index (χ3n) is 5.62. The fraction of sp³-hybridized carbons (Fsp3) is 0.192. The summed E-state index contributed by atoms with van der Waals surface area (Å²) >= 11 is 7.65. The maximum atomic E-state index is 13.8. The van der Waals surface area contributed by atoms with Gasteiger partial charge in [0.1, 0.15) is 5.76 Å². The van der Waals surface area contributed by atoms with Crippen LogP contribution in [0.1, 0.15) is 31.2 Å². The second-order valence-electron chi connectivity index (χ2n) is 7.99. The molecule has 0 fully saturated rings. The van der Waals surface area contributed by atoms with E-state index in [9.17, 15) is 9.59 Å². The third kappa shape index (κ3) is 5.31. The number of thioether (sulfide) groups is 1. The molecule has 0 spiro atoms. The van der Waals surface area contributed by atoms with E-state index in [1.165, 1.54) is 23.1 Å². The molecule has 5 rings (SSSR count). The fourth-order valence-corrected chi connectivity index (χ4v) is 6.62. The van der Waals surface area contributed by atoms with Crippen LogP contribution in [-0.4, -0.2) is 33.4 Å². The molecule has 0 bridgehead atoms. The minimum absolute atomic E-state index is 0.222. The van der Waals surface area contributed by atoms with Crippen LogP contribution in [0, 0.1) is 0 Å². The first kappa shape index (κ1) is 26.7. The van der Waals surface area contributed by atoms with Crippen LogP contribution < -0.4 is 14.9 Å². The molecule has 1 aliphatic heterocycles. The highest BCUT2D eigenvalue weighted by atomic mass is 79.9. The van der Waals surface area contributed by atoms with Crippen molar-refractivity contribution in [2.75, 3.05) is 12.9 Å². The fourth-order valence-electron chi connectivity index (χ4n) is 3.95. The Balaban J connectivity index is 1.61. The molecular formula is C26H21BrN4O4S3. The highest BCUT2D eigenvalue weighted by Gasteiger charge is 2.33. The monoisotopic (exact) mass is 628 g/mol. The molecule has 0 saturated heterocycles. The molecule has 0 radical (unpaired) electrons. The molecule has 0 N–H and O–H groups in total. The molecule has 194 valence electrons. The number of hydrogen-bond acceptors (Lipinski definition) is 10. The number of fused-ring (bicyclic) bond motifs is 1. The first-order chi connectivity index (χ1) is 18.4. The largest absolute Gasteiger partial charge is 0.463 e. The number of thiazole rings is 1. The van der Waals surface area contributed by atoms with Crippen molar-refractivity contribution in [3.05, 3.63) is 95.5 Å². The Kier molecular flexibility index (Phi) is 8.03. The van der Waals surface area contributed by atoms with E-state index in [-0.39, 0.29) is 12.2 Å². The van der Waals surface area contributed by atoms with Gasteiger partial charge in [-0.1, -0.05) is 23.5 Å². The van der Waals surface area contributed by atoms with Crippen LogP contribution in [-0.2, 0) is 9.53 Å². The van der Waals surface area contributed by atoms with Crippen LogP contribution in [0.2, 0.25) is 0 Å². The Labute approximate surface area is 238 Å². The van der Waals surface area contributed by atoms with Gasteiger partial charge in [0, 0.05) is 23.4 Å². The second-order valence-corrected chi connectivity index (χ2v) is 11.7. The second kappa shape index (κ2) is 11.4. The van der Waals surface area contributed by atoms with Crippen LogP contribution in [0.5, 0.6) is 0 Å². The Hall–Kier alpha value is -2.93. The number of esters is 1. The lowest BCUT2D eigenvalue weighted by molar-refractivity contribution is -0.139. The molecule has 0 amide bonds. The van der Waals surface area contributed by atoms with Gasteiger partial charge in [-0.2, -0.15) is 0 Å². The average Bonchev–Trinajstić information content (AvgIpc) is 3.41. The van der Waals surface area contributed by atoms with Crippen LogP contribution in [0.3, 0.4) is 0 Å². The van der Waals surface area contributed by atoms with Crippen molar-refractivity contribution in [3.8, 4) is 0 Å². The van der Waals surface area contributed by atoms with Gasteiger partial charge in [0.05, 0.1) is 32.9 Å². The first-order valence-electron chi connectivity index (χ1n) is 11.5. The number of halogens is 1. The summed E-state index contributed by atoms with van der Waals surface area (Å²) in [5.74, 6) is 0.00418. The lowest BCUT2D eigenvalue weighted by Gasteiger charge is -2.24. The molecule has 1 aliphatic rings. The summed E-state index contributed by atoms with van der Waals surface area (Å²) in [6.07, 6.45) is 6.99. The number of hydrogen-bond donors (Lipinski definition) is 0. The van der Waals surface area contributed by atoms with Gasteiger partial charge >= 0.3 is 5.97 Å². The maximum Gasteiger partial charge on any atom is 0.338 e. The number of aromatic nitrogens is 3. The van der Waals surface area contributed by atoms with E-state index in [2.05, 4.69) is 30.9 Å². The predicted octanol–water partition coefficient (Wildman–Crippen LogP) is 4.82. The average molecular weight is 630 g/mol. The number of nitrogens with zero attached hydrogens (tertiary/aromatic N) is 4. The zero-order valence-electron chi connectivity index (χ0n) is 20.5. The summed E-state index contributed by atoms with van der Waals surface area (Å²) in [6, 6.07) is 10.7. The highest BCUT2D eigenvalue weighted by Crippen LogP contribution is 2.35. The van der Waals surface area contributed by atoms with Crippen molar-refractivity contribution in [2.24, 2.45) is 4.99 Å². The lowest BCUT2D eigenvalue weighted by atomic mass is 9.96. The molecule has 4 heterocycles. The summed E-state index contributed by atoms with van der Waals surface area (Å²) in [6.45, 7) is 3.74. The van der Waals surface area contributed by atoms with Gasteiger partial charge in [-0.05, 0) is 77.6 Å². The zero-order valence-corrected chi connectivity index (χ0v) is 24.5. The van der Waals surface area contributed by atoms with Crippen LogP contribution >= 0.6 is 50.8 Å². The standard InChI is InChI=1S/C26H21BrN4O4S3/c1-4-34-23(33)20-14(2)30-26-31(21(20)15-6-8-17(36-3)9-7-15)22(32)19(37-26)13-16-12-18(27)24(35-16)38-25-28-10-5-11-29-25/h5-13,21H,4H2,1-3H3/b19-13+/t21-/m1/s1. The number of benzene rings is 1. The van der Waals surface area contributed by atoms with Crippen LogP contribution in [0.25, 0.3) is 6.08 Å². The molecule has 0 saturated carbocycles. The third-order valence-corrected chi connectivity index (χ3v) is 9.08. The summed E-state index contributed by atoms with van der Waals surface area (Å²) in [5, 5.41) is 1.12. The molecule has 12 heteroatoms. The van der Waals surface area contributed by atoms with Gasteiger partial charge < -0.3 is 9.15 Å². The molecule has 0 aliphatic carbocycles. The number of furan rings is 1. The number of ether oxygens (including phenoxy) is 1. The normalized spacial score (nSPS) is 15.4. The van der Waals surface area contributed by atoms with Crippen molar-refractivity contribution < 1.29 is 13.9 Å². The molecule has 38 heavy (non-hydrogen) atoms. The smallest absolute Gasteiger partial charge is 0.338 e. The molecular weight excluding hydrogens is 608 g/mol. The number of carbonyl (C=O) groups is 1. The maximum absolute atomic E-state index is 13.8. The molecule has 8 nitrogen and oxygen atoms in total. The van der Waals surface area contributed by atoms with Crippen LogP contribution in [0.15, 0.2) is 93.9 Å². The minimum atomic E-state index is -0.659. The van der Waals surface area contributed by atoms with Gasteiger partial charge in [-0.15, -0.1) is 11.8 Å². The van der Waals surface area contributed by atoms with Gasteiger partial charge in [0.2, 0.25) is 0 Å². The molecule has 0 unspecified atom stereocenters. The predicted molar refractivity (Wildman–Crippen MR) is 151 cm³/mol. The SMILES string of the molecule is CCOC(=O)C1=C(C)N=c2s/c(=C/c3cc(Br)c(Sc4ncccn4)o3)c(=O)n2[C@@H]1c1ccc(SC)cc1. The van der Waals surface area contributed by atoms with Crippen molar-refractivity contribution in [2.45, 2.75) is 35.0 Å². The summed E-state index contributed by atoms with van der Waals surface area (Å²) in [7, 11) is 0. The summed E-state index contributed by atoms with van der Waals surface area (Å²) in [5.41, 5.74) is 1.41. The molecule has 4 aromatic rings. The Bertz CT molecular complexity index is 1710. The van der Waals surface area contributed by atoms with Crippen molar-refractivity contribution in [1.82, 2.24) is 14.5 Å². The summed E-state index contributed by atoms with van der Waals surface area (Å²) < 4.78 is 14.1. The zero-order chi connectivity index (χ0) is 26.8. The molecule has 1 atom stereocenters. The topological polar surface area (TPSA) is 99.6 Å². The van der Waals surface area contributed by atoms with Crippen molar-refractivity contribution in [1.29, 1.82) is 0 Å². The van der Waals surface area contributed by atoms with Gasteiger partial charge in [0.25, 0.3) is 5.56 Å². The van der Waals surface area contributed by atoms with Crippen molar-refractivity contribution in [3.63, 3.8) is 0 Å². The van der Waals surface area contributed by atoms with E-state index in [4.69, 9.17) is 9.15 Å². The Morgan fingerprint density at radius 3 is 2.68 bits per heavy atom. The van der Waals surface area contributed by atoms with E-state index in [0.29, 0.717) is 36.6 Å². The van der Waals surface area contributed by atoms with E-state index in [1.807, 2.05) is 30.5 Å². The Morgan fingerprint density at radius 2 is 2.00 bits per heavy atom. The lowest BCUT2D eigenvalue weighted by Crippen LogP contribution is -2.39. The molecule has 3 aromatic heterocycles. The number of carbonyl (C=O) groups excluding carboxylic acids is 1. The summed E-state index contributed by atoms with van der Waals surface area (Å²) in [4.78, 5) is 41.4. The van der Waals surface area contributed by atoms with E-state index < -0.39 is 12.0 Å². The Morgan fingerprint density at radius 1 is 1.26 bits per heavy atom. The van der Waals surface area contributed by atoms with Crippen LogP contribution in [0.4, 0.5) is 0 Å².